The van der Waals surface area contributed by atoms with Gasteiger partial charge in [0.05, 0.1) is 6.61 Å². The van der Waals surface area contributed by atoms with Crippen LogP contribution in [0.3, 0.4) is 0 Å². The number of aliphatic hydroxyl groups excluding tert-OH is 5. The predicted molar refractivity (Wildman–Crippen MR) is 108 cm³/mol. The second kappa shape index (κ2) is 17.2. The molecule has 11 N–H and O–H groups in total. The number of carboxylic acids is 2. The predicted octanol–water partition coefficient (Wildman–Crippen LogP) is -5.58. The highest BCUT2D eigenvalue weighted by atomic mass is 32.1. The molecule has 0 aliphatic heterocycles. The van der Waals surface area contributed by atoms with Crippen molar-refractivity contribution in [1.82, 2.24) is 10.6 Å². The fourth-order valence-corrected chi connectivity index (χ4v) is 2.03. The largest absolute Gasteiger partial charge is 0.480 e. The minimum Gasteiger partial charge on any atom is -0.480 e. The molecule has 0 saturated carbocycles. The SMILES string of the molecule is NC(CCC(=O)NC(CS)C(=O)NCC(=O)O)C(=O)O.O=CC(O)C(O)C(O)C(O)CO. The van der Waals surface area contributed by atoms with Gasteiger partial charge in [0.1, 0.15) is 43.0 Å². The van der Waals surface area contributed by atoms with Crippen LogP contribution in [0.4, 0.5) is 0 Å². The number of hydrogen-bond donors (Lipinski definition) is 11. The number of carboxylic acid groups (broad SMARTS) is 2. The number of thiol groups is 1. The van der Waals surface area contributed by atoms with E-state index in [0.29, 0.717) is 0 Å². The van der Waals surface area contributed by atoms with Crippen molar-refractivity contribution in [3.05, 3.63) is 0 Å². The molecular weight excluding hydrogens is 458 g/mol. The van der Waals surface area contributed by atoms with E-state index in [4.69, 9.17) is 41.5 Å². The maximum absolute atomic E-state index is 11.5. The van der Waals surface area contributed by atoms with Gasteiger partial charge >= 0.3 is 11.9 Å². The number of nitrogens with one attached hydrogen (secondary N) is 2. The Morgan fingerprint density at radius 2 is 1.59 bits per heavy atom. The van der Waals surface area contributed by atoms with Crippen LogP contribution in [0.5, 0.6) is 0 Å². The van der Waals surface area contributed by atoms with Crippen LogP contribution in [0.1, 0.15) is 12.8 Å². The van der Waals surface area contributed by atoms with Crippen molar-refractivity contribution in [2.45, 2.75) is 49.3 Å². The zero-order valence-corrected chi connectivity index (χ0v) is 17.7. The minimum absolute atomic E-state index is 0.0256. The van der Waals surface area contributed by atoms with Crippen molar-refractivity contribution in [2.75, 3.05) is 18.9 Å². The molecule has 15 nitrogen and oxygen atoms in total. The van der Waals surface area contributed by atoms with Crippen molar-refractivity contribution in [3.8, 4) is 0 Å². The average Bonchev–Trinajstić information content (AvgIpc) is 2.77. The lowest BCUT2D eigenvalue weighted by Crippen LogP contribution is -2.49. The van der Waals surface area contributed by atoms with Gasteiger partial charge in [-0.1, -0.05) is 0 Å². The van der Waals surface area contributed by atoms with E-state index in [1.165, 1.54) is 0 Å². The Balaban J connectivity index is 0. The Kier molecular flexibility index (Phi) is 17.2. The number of carbonyl (C=O) groups excluding carboxylic acids is 3. The monoisotopic (exact) mass is 487 g/mol. The second-order valence-electron chi connectivity index (χ2n) is 6.26. The molecule has 0 rings (SSSR count). The molecule has 186 valence electrons. The van der Waals surface area contributed by atoms with Gasteiger partial charge in [-0.25, -0.2) is 0 Å². The molecule has 0 spiro atoms. The number of amides is 2. The van der Waals surface area contributed by atoms with E-state index in [0.717, 1.165) is 0 Å². The zero-order valence-electron chi connectivity index (χ0n) is 16.8. The fourth-order valence-electron chi connectivity index (χ4n) is 1.77. The van der Waals surface area contributed by atoms with Crippen LogP contribution < -0.4 is 16.4 Å². The van der Waals surface area contributed by atoms with E-state index in [1.807, 2.05) is 0 Å². The molecule has 0 aromatic carbocycles. The first kappa shape index (κ1) is 31.8. The fraction of sp³-hybridized carbons (Fsp3) is 0.688. The maximum Gasteiger partial charge on any atom is 0.322 e. The molecule has 0 heterocycles. The van der Waals surface area contributed by atoms with Crippen LogP contribution in [-0.2, 0) is 24.0 Å². The van der Waals surface area contributed by atoms with Crippen LogP contribution in [0.2, 0.25) is 0 Å². The highest BCUT2D eigenvalue weighted by Crippen LogP contribution is 2.03. The van der Waals surface area contributed by atoms with Crippen molar-refractivity contribution < 1.29 is 59.7 Å². The number of hydrogen-bond acceptors (Lipinski definition) is 12. The van der Waals surface area contributed by atoms with Gasteiger partial charge in [0.15, 0.2) is 6.29 Å². The summed E-state index contributed by atoms with van der Waals surface area (Å²) < 4.78 is 0. The van der Waals surface area contributed by atoms with Gasteiger partial charge in [0, 0.05) is 12.2 Å². The van der Waals surface area contributed by atoms with Gasteiger partial charge in [0.25, 0.3) is 0 Å². The van der Waals surface area contributed by atoms with Crippen LogP contribution in [0.25, 0.3) is 0 Å². The van der Waals surface area contributed by atoms with Crippen molar-refractivity contribution in [2.24, 2.45) is 5.73 Å². The lowest BCUT2D eigenvalue weighted by atomic mass is 10.0. The van der Waals surface area contributed by atoms with Gasteiger partial charge < -0.3 is 56.9 Å². The summed E-state index contributed by atoms with van der Waals surface area (Å²) in [5.41, 5.74) is 5.23. The van der Waals surface area contributed by atoms with Crippen molar-refractivity contribution >= 4 is 42.7 Å². The molecule has 32 heavy (non-hydrogen) atoms. The summed E-state index contributed by atoms with van der Waals surface area (Å²) in [5, 5.41) is 64.9. The molecule has 0 fully saturated rings. The van der Waals surface area contributed by atoms with E-state index < -0.39 is 73.4 Å². The number of aldehydes is 1. The Bertz CT molecular complexity index is 623. The Morgan fingerprint density at radius 1 is 1.03 bits per heavy atom. The summed E-state index contributed by atoms with van der Waals surface area (Å²) in [4.78, 5) is 53.6. The van der Waals surface area contributed by atoms with Crippen molar-refractivity contribution in [3.63, 3.8) is 0 Å². The standard InChI is InChI=1S/C10H17N3O6S.C6H12O6/c11-5(10(18)19)1-2-7(14)13-6(4-20)9(17)12-3-8(15)16;7-1-3(9)5(11)6(12)4(10)2-8/h5-6,20H,1-4,11H2,(H,12,17)(H,13,14)(H,15,16)(H,18,19);1,3-6,8-12H,2H2. The van der Waals surface area contributed by atoms with E-state index in [9.17, 15) is 24.0 Å². The molecule has 0 aliphatic carbocycles. The number of aliphatic hydroxyl groups is 5. The summed E-state index contributed by atoms with van der Waals surface area (Å²) in [5.74, 6) is -3.70. The molecule has 6 atom stereocenters. The summed E-state index contributed by atoms with van der Waals surface area (Å²) in [6.45, 7) is -1.33. The van der Waals surface area contributed by atoms with E-state index >= 15 is 0 Å². The molecule has 0 saturated heterocycles. The molecule has 6 unspecified atom stereocenters. The number of nitrogens with two attached hydrogens (primary N) is 1. The topological polar surface area (TPSA) is 277 Å². The Labute approximate surface area is 187 Å². The number of aliphatic carboxylic acids is 2. The molecule has 2 amide bonds. The summed E-state index contributed by atoms with van der Waals surface area (Å²) >= 11 is 3.87. The van der Waals surface area contributed by atoms with E-state index in [-0.39, 0.29) is 24.9 Å². The normalized spacial score (nSPS) is 16.1. The summed E-state index contributed by atoms with van der Waals surface area (Å²) in [6, 6.07) is -2.15. The third-order valence-corrected chi connectivity index (χ3v) is 4.03. The second-order valence-corrected chi connectivity index (χ2v) is 6.62. The van der Waals surface area contributed by atoms with Crippen LogP contribution in [0.15, 0.2) is 0 Å². The summed E-state index contributed by atoms with van der Waals surface area (Å²) in [6.07, 6.45) is -7.07. The molecule has 0 aromatic rings. The van der Waals surface area contributed by atoms with Gasteiger partial charge in [-0.2, -0.15) is 12.6 Å². The van der Waals surface area contributed by atoms with Gasteiger partial charge in [-0.3, -0.25) is 19.2 Å². The average molecular weight is 487 g/mol. The molecular formula is C16H29N3O12S. The zero-order chi connectivity index (χ0) is 25.4. The Hall–Kier alpha value is -2.34. The van der Waals surface area contributed by atoms with E-state index in [2.05, 4.69) is 23.3 Å². The van der Waals surface area contributed by atoms with Gasteiger partial charge in [-0.05, 0) is 6.42 Å². The first-order valence-electron chi connectivity index (χ1n) is 8.98. The van der Waals surface area contributed by atoms with Crippen LogP contribution in [-0.4, -0.2) is 121 Å². The third-order valence-electron chi connectivity index (χ3n) is 3.67. The lowest BCUT2D eigenvalue weighted by molar-refractivity contribution is -0.139. The molecule has 0 bridgehead atoms. The highest BCUT2D eigenvalue weighted by molar-refractivity contribution is 7.80. The van der Waals surface area contributed by atoms with Gasteiger partial charge in [0.2, 0.25) is 11.8 Å². The quantitative estimate of drug-likeness (QED) is 0.0806. The van der Waals surface area contributed by atoms with E-state index in [1.54, 1.807) is 0 Å². The van der Waals surface area contributed by atoms with Crippen LogP contribution in [0, 0.1) is 0 Å². The van der Waals surface area contributed by atoms with Crippen molar-refractivity contribution in [1.29, 1.82) is 0 Å². The molecule has 0 aromatic heterocycles. The van der Waals surface area contributed by atoms with Crippen LogP contribution >= 0.6 is 12.6 Å². The van der Waals surface area contributed by atoms with Gasteiger partial charge in [-0.15, -0.1) is 0 Å². The third kappa shape index (κ3) is 13.9. The highest BCUT2D eigenvalue weighted by Gasteiger charge is 2.29. The summed E-state index contributed by atoms with van der Waals surface area (Å²) in [7, 11) is 0. The first-order valence-corrected chi connectivity index (χ1v) is 9.62. The molecule has 0 aliphatic rings. The smallest absolute Gasteiger partial charge is 0.322 e. The number of carbonyl (C=O) groups is 5. The molecule has 16 heteroatoms. The maximum atomic E-state index is 11.5. The Morgan fingerprint density at radius 3 is 2.00 bits per heavy atom. The molecule has 0 radical (unpaired) electrons. The minimum atomic E-state index is -1.79. The number of rotatable bonds is 14. The lowest BCUT2D eigenvalue weighted by Gasteiger charge is -2.22. The first-order chi connectivity index (χ1) is 14.8.